The number of para-hydroxylation sites is 1. The van der Waals surface area contributed by atoms with E-state index in [1.54, 1.807) is 29.3 Å². The molecule has 0 N–H and O–H groups in total. The van der Waals surface area contributed by atoms with Crippen LogP contribution in [-0.4, -0.2) is 17.9 Å². The van der Waals surface area contributed by atoms with Gasteiger partial charge in [-0.2, -0.15) is 0 Å². The highest BCUT2D eigenvalue weighted by atomic mass is 35.5. The molecule has 168 valence electrons. The first-order chi connectivity index (χ1) is 15.8. The minimum Gasteiger partial charge on any atom is -0.273 e. The summed E-state index contributed by atoms with van der Waals surface area (Å²) >= 11 is 6.13. The summed E-state index contributed by atoms with van der Waals surface area (Å²) < 4.78 is 0. The molecule has 3 aromatic carbocycles. The van der Waals surface area contributed by atoms with E-state index in [1.165, 1.54) is 10.5 Å². The molecule has 5 rings (SSSR count). The van der Waals surface area contributed by atoms with Gasteiger partial charge in [-0.1, -0.05) is 80.9 Å². The number of hydroxylamine groups is 1. The quantitative estimate of drug-likeness (QED) is 0.471. The number of benzene rings is 3. The normalized spacial score (nSPS) is 22.7. The number of anilines is 2. The molecule has 3 aromatic rings. The maximum Gasteiger partial charge on any atom is 0.266 e. The highest BCUT2D eigenvalue weighted by molar-refractivity contribution is 6.31. The Morgan fingerprint density at radius 2 is 1.48 bits per heavy atom. The Bertz CT molecular complexity index is 1200. The van der Waals surface area contributed by atoms with Gasteiger partial charge in [0.05, 0.1) is 17.4 Å². The van der Waals surface area contributed by atoms with E-state index in [0.29, 0.717) is 10.7 Å². The number of carbonyl (C=O) groups is 2. The zero-order chi connectivity index (χ0) is 23.3. The molecule has 0 bridgehead atoms. The summed E-state index contributed by atoms with van der Waals surface area (Å²) in [4.78, 5) is 34.4. The lowest BCUT2D eigenvalue weighted by Gasteiger charge is -2.29. The first-order valence-electron chi connectivity index (χ1n) is 11.0. The molecule has 2 saturated heterocycles. The predicted molar refractivity (Wildman–Crippen MR) is 129 cm³/mol. The Morgan fingerprint density at radius 3 is 2.12 bits per heavy atom. The van der Waals surface area contributed by atoms with Crippen molar-refractivity contribution in [3.8, 4) is 0 Å². The van der Waals surface area contributed by atoms with Gasteiger partial charge in [0.2, 0.25) is 5.91 Å². The molecule has 0 saturated carbocycles. The fraction of sp³-hybridized carbons (Fsp3) is 0.259. The second-order valence-corrected chi connectivity index (χ2v) is 9.96. The summed E-state index contributed by atoms with van der Waals surface area (Å²) in [5.41, 5.74) is 3.39. The summed E-state index contributed by atoms with van der Waals surface area (Å²) in [7, 11) is 0. The summed E-state index contributed by atoms with van der Waals surface area (Å²) in [5.74, 6) is -1.32. The molecular weight excluding hydrogens is 436 g/mol. The second kappa shape index (κ2) is 8.01. The molecule has 0 spiro atoms. The molecule has 5 nitrogen and oxygen atoms in total. The number of imide groups is 1. The van der Waals surface area contributed by atoms with Gasteiger partial charge in [0, 0.05) is 5.02 Å². The molecule has 2 fully saturated rings. The van der Waals surface area contributed by atoms with Crippen molar-refractivity contribution in [1.82, 2.24) is 0 Å². The highest BCUT2D eigenvalue weighted by Crippen LogP contribution is 2.47. The summed E-state index contributed by atoms with van der Waals surface area (Å²) in [5, 5.41) is 2.18. The first kappa shape index (κ1) is 21.7. The van der Waals surface area contributed by atoms with Crippen molar-refractivity contribution in [2.24, 2.45) is 5.92 Å². The Hall–Kier alpha value is -3.15. The van der Waals surface area contributed by atoms with Gasteiger partial charge in [0.1, 0.15) is 5.92 Å². The third kappa shape index (κ3) is 3.71. The molecule has 2 amide bonds. The van der Waals surface area contributed by atoms with Gasteiger partial charge in [-0.25, -0.2) is 9.96 Å². The van der Waals surface area contributed by atoms with E-state index in [4.69, 9.17) is 16.4 Å². The Balaban J connectivity index is 1.57. The predicted octanol–water partition coefficient (Wildman–Crippen LogP) is 5.69. The van der Waals surface area contributed by atoms with Crippen molar-refractivity contribution in [2.75, 3.05) is 9.96 Å². The van der Waals surface area contributed by atoms with Crippen LogP contribution in [0.15, 0.2) is 78.9 Å². The monoisotopic (exact) mass is 460 g/mol. The number of halogens is 1. The number of amides is 2. The standard InChI is InChI=1S/C27H25ClN2O3/c1-27(2,3)18-14-12-17(13-15-18)23-22-24(33-30(23)20-9-5-4-6-10-20)26(32)29(25(22)31)21-11-7-8-19(28)16-21/h4-16,22-24H,1-3H3/t22-,23+,24+/m1/s1. The van der Waals surface area contributed by atoms with E-state index >= 15 is 0 Å². The molecule has 3 atom stereocenters. The van der Waals surface area contributed by atoms with E-state index in [-0.39, 0.29) is 17.2 Å². The van der Waals surface area contributed by atoms with Crippen LogP contribution in [0.3, 0.4) is 0 Å². The summed E-state index contributed by atoms with van der Waals surface area (Å²) in [6.07, 6.45) is -0.899. The maximum atomic E-state index is 13.7. The van der Waals surface area contributed by atoms with Gasteiger partial charge in [0.15, 0.2) is 6.10 Å². The molecular formula is C27H25ClN2O3. The number of hydrogen-bond donors (Lipinski definition) is 0. The van der Waals surface area contributed by atoms with Gasteiger partial charge >= 0.3 is 0 Å². The highest BCUT2D eigenvalue weighted by Gasteiger charge is 2.60. The van der Waals surface area contributed by atoms with Crippen LogP contribution in [0.1, 0.15) is 37.9 Å². The van der Waals surface area contributed by atoms with E-state index in [9.17, 15) is 9.59 Å². The van der Waals surface area contributed by atoms with E-state index in [2.05, 4.69) is 32.9 Å². The smallest absolute Gasteiger partial charge is 0.266 e. The second-order valence-electron chi connectivity index (χ2n) is 9.52. The molecule has 0 radical (unpaired) electrons. The Morgan fingerprint density at radius 1 is 0.818 bits per heavy atom. The minimum absolute atomic E-state index is 0.00881. The van der Waals surface area contributed by atoms with Crippen molar-refractivity contribution >= 4 is 34.8 Å². The average Bonchev–Trinajstić information content (AvgIpc) is 3.30. The number of rotatable bonds is 3. The fourth-order valence-corrected chi connectivity index (χ4v) is 4.79. The zero-order valence-corrected chi connectivity index (χ0v) is 19.5. The molecule has 33 heavy (non-hydrogen) atoms. The lowest BCUT2D eigenvalue weighted by Crippen LogP contribution is -2.37. The van der Waals surface area contributed by atoms with E-state index in [1.807, 2.05) is 42.5 Å². The minimum atomic E-state index is -0.899. The Kier molecular flexibility index (Phi) is 5.26. The lowest BCUT2D eigenvalue weighted by molar-refractivity contribution is -0.126. The first-order valence-corrected chi connectivity index (χ1v) is 11.4. The number of nitrogens with zero attached hydrogens (tertiary/aromatic N) is 2. The van der Waals surface area contributed by atoms with Crippen LogP contribution in [0.4, 0.5) is 11.4 Å². The molecule has 6 heteroatoms. The van der Waals surface area contributed by atoms with Gasteiger partial charge in [-0.05, 0) is 46.9 Å². The van der Waals surface area contributed by atoms with Crippen molar-refractivity contribution in [3.63, 3.8) is 0 Å². The van der Waals surface area contributed by atoms with Crippen LogP contribution in [0.5, 0.6) is 0 Å². The fourth-order valence-electron chi connectivity index (χ4n) is 4.60. The van der Waals surface area contributed by atoms with Gasteiger partial charge < -0.3 is 0 Å². The number of carbonyl (C=O) groups excluding carboxylic acids is 2. The lowest BCUT2D eigenvalue weighted by atomic mass is 9.84. The van der Waals surface area contributed by atoms with Crippen LogP contribution in [0.25, 0.3) is 0 Å². The molecule has 2 heterocycles. The molecule has 0 unspecified atom stereocenters. The van der Waals surface area contributed by atoms with Crippen LogP contribution in [0.2, 0.25) is 5.02 Å². The van der Waals surface area contributed by atoms with E-state index < -0.39 is 18.1 Å². The van der Waals surface area contributed by atoms with Crippen molar-refractivity contribution in [2.45, 2.75) is 38.3 Å². The van der Waals surface area contributed by atoms with Gasteiger partial charge in [-0.15, -0.1) is 0 Å². The molecule has 0 aromatic heterocycles. The zero-order valence-electron chi connectivity index (χ0n) is 18.7. The third-order valence-corrected chi connectivity index (χ3v) is 6.55. The topological polar surface area (TPSA) is 49.9 Å². The molecule has 2 aliphatic heterocycles. The van der Waals surface area contributed by atoms with Crippen LogP contribution < -0.4 is 9.96 Å². The Labute approximate surface area is 198 Å². The van der Waals surface area contributed by atoms with Crippen LogP contribution in [0, 0.1) is 5.92 Å². The average molecular weight is 461 g/mol. The third-order valence-electron chi connectivity index (χ3n) is 6.31. The van der Waals surface area contributed by atoms with Crippen molar-refractivity contribution < 1.29 is 14.4 Å². The SMILES string of the molecule is CC(C)(C)c1ccc([C@H]2[C@H]3C(=O)N(c4cccc(Cl)c4)C(=O)[C@H]3ON2c2ccccc2)cc1. The number of hydrogen-bond acceptors (Lipinski definition) is 4. The summed E-state index contributed by atoms with van der Waals surface area (Å²) in [6.45, 7) is 6.49. The molecule has 2 aliphatic rings. The molecule has 0 aliphatic carbocycles. The van der Waals surface area contributed by atoms with Crippen LogP contribution in [-0.2, 0) is 19.8 Å². The van der Waals surface area contributed by atoms with Gasteiger partial charge in [0.25, 0.3) is 5.91 Å². The number of fused-ring (bicyclic) bond motifs is 1. The summed E-state index contributed by atoms with van der Waals surface area (Å²) in [6, 6.07) is 24.2. The van der Waals surface area contributed by atoms with Crippen molar-refractivity contribution in [3.05, 3.63) is 95.0 Å². The maximum absolute atomic E-state index is 13.7. The van der Waals surface area contributed by atoms with Crippen LogP contribution >= 0.6 is 11.6 Å². The largest absolute Gasteiger partial charge is 0.273 e. The van der Waals surface area contributed by atoms with Crippen molar-refractivity contribution in [1.29, 1.82) is 0 Å². The van der Waals surface area contributed by atoms with E-state index in [0.717, 1.165) is 11.3 Å². The van der Waals surface area contributed by atoms with Gasteiger partial charge in [-0.3, -0.25) is 14.4 Å².